The zero-order valence-corrected chi connectivity index (χ0v) is 16.5. The Morgan fingerprint density at radius 1 is 0.931 bits per heavy atom. The van der Waals surface area contributed by atoms with Crippen LogP contribution < -0.4 is 14.8 Å². The summed E-state index contributed by atoms with van der Waals surface area (Å²) in [5, 5.41) is 13.8. The third-order valence-electron chi connectivity index (χ3n) is 5.88. The van der Waals surface area contributed by atoms with Gasteiger partial charge in [-0.05, 0) is 73.2 Å². The Hall–Kier alpha value is -2.18. The van der Waals surface area contributed by atoms with Gasteiger partial charge >= 0.3 is 0 Å². The van der Waals surface area contributed by atoms with Crippen molar-refractivity contribution in [3.8, 4) is 11.5 Å². The largest absolute Gasteiger partial charge is 0.490 e. The number of fused-ring (bicyclic) bond motifs is 2. The van der Waals surface area contributed by atoms with E-state index in [4.69, 9.17) is 9.47 Å². The van der Waals surface area contributed by atoms with E-state index in [1.807, 2.05) is 0 Å². The monoisotopic (exact) mass is 403 g/mol. The molecule has 0 aromatic heterocycles. The molecule has 2 aromatic carbocycles. The van der Waals surface area contributed by atoms with Crippen molar-refractivity contribution in [1.82, 2.24) is 5.32 Å². The van der Waals surface area contributed by atoms with E-state index in [-0.39, 0.29) is 29.8 Å². The highest BCUT2D eigenvalue weighted by molar-refractivity contribution is 5.36. The van der Waals surface area contributed by atoms with Crippen LogP contribution in [-0.2, 0) is 12.8 Å². The second kappa shape index (κ2) is 8.67. The average Bonchev–Trinajstić information content (AvgIpc) is 2.72. The summed E-state index contributed by atoms with van der Waals surface area (Å²) < 4.78 is 38.5. The van der Waals surface area contributed by atoms with Crippen LogP contribution in [0.2, 0.25) is 0 Å². The fourth-order valence-electron chi connectivity index (χ4n) is 4.15. The molecule has 6 heteroatoms. The zero-order chi connectivity index (χ0) is 20.4. The number of halogens is 2. The summed E-state index contributed by atoms with van der Waals surface area (Å²) in [7, 11) is 0. The molecule has 0 saturated heterocycles. The SMILES string of the molecule is C[C@@H](CNC[C@H](O)[C@H]1CCc2cc(F)ccc2O1)C1CCc2cc(F)ccc2O1. The molecule has 4 rings (SSSR count). The summed E-state index contributed by atoms with van der Waals surface area (Å²) in [6, 6.07) is 9.17. The Labute approximate surface area is 169 Å². The van der Waals surface area contributed by atoms with E-state index in [0.717, 1.165) is 29.7 Å². The van der Waals surface area contributed by atoms with Crippen LogP contribution >= 0.6 is 0 Å². The molecule has 2 aliphatic rings. The number of aliphatic hydroxyl groups is 1. The Morgan fingerprint density at radius 2 is 1.48 bits per heavy atom. The third-order valence-corrected chi connectivity index (χ3v) is 5.88. The van der Waals surface area contributed by atoms with E-state index in [9.17, 15) is 13.9 Å². The minimum atomic E-state index is -0.642. The molecular formula is C23H27F2NO3. The predicted molar refractivity (Wildman–Crippen MR) is 106 cm³/mol. The van der Waals surface area contributed by atoms with E-state index < -0.39 is 6.10 Å². The Morgan fingerprint density at radius 3 is 2.10 bits per heavy atom. The summed E-state index contributed by atoms with van der Waals surface area (Å²) in [5.41, 5.74) is 1.77. The maximum Gasteiger partial charge on any atom is 0.126 e. The Balaban J connectivity index is 1.24. The van der Waals surface area contributed by atoms with Crippen molar-refractivity contribution in [3.63, 3.8) is 0 Å². The van der Waals surface area contributed by atoms with Crippen molar-refractivity contribution >= 4 is 0 Å². The summed E-state index contributed by atoms with van der Waals surface area (Å²) >= 11 is 0. The van der Waals surface area contributed by atoms with Gasteiger partial charge in [-0.25, -0.2) is 8.78 Å². The topological polar surface area (TPSA) is 50.7 Å². The molecule has 29 heavy (non-hydrogen) atoms. The molecule has 4 nitrogen and oxygen atoms in total. The van der Waals surface area contributed by atoms with Crippen molar-refractivity contribution in [2.24, 2.45) is 5.92 Å². The lowest BCUT2D eigenvalue weighted by atomic mass is 9.94. The lowest BCUT2D eigenvalue weighted by Crippen LogP contribution is -2.44. The van der Waals surface area contributed by atoms with Crippen molar-refractivity contribution in [3.05, 3.63) is 59.2 Å². The van der Waals surface area contributed by atoms with Crippen LogP contribution in [0.3, 0.4) is 0 Å². The maximum absolute atomic E-state index is 13.3. The van der Waals surface area contributed by atoms with Crippen LogP contribution in [-0.4, -0.2) is 36.5 Å². The second-order valence-corrected chi connectivity index (χ2v) is 8.10. The number of benzene rings is 2. The first-order valence-electron chi connectivity index (χ1n) is 10.3. The van der Waals surface area contributed by atoms with Gasteiger partial charge in [0.25, 0.3) is 0 Å². The average molecular weight is 403 g/mol. The van der Waals surface area contributed by atoms with Gasteiger partial charge in [0.2, 0.25) is 0 Å². The lowest BCUT2D eigenvalue weighted by Gasteiger charge is -2.32. The molecule has 156 valence electrons. The van der Waals surface area contributed by atoms with E-state index >= 15 is 0 Å². The van der Waals surface area contributed by atoms with Gasteiger partial charge in [0.15, 0.2) is 0 Å². The van der Waals surface area contributed by atoms with Crippen molar-refractivity contribution < 1.29 is 23.4 Å². The molecule has 0 bridgehead atoms. The number of hydrogen-bond acceptors (Lipinski definition) is 4. The molecule has 0 radical (unpaired) electrons. The van der Waals surface area contributed by atoms with E-state index in [1.165, 1.54) is 18.2 Å². The van der Waals surface area contributed by atoms with Gasteiger partial charge in [0.1, 0.15) is 41.4 Å². The fourth-order valence-corrected chi connectivity index (χ4v) is 4.15. The van der Waals surface area contributed by atoms with Gasteiger partial charge in [-0.3, -0.25) is 0 Å². The quantitative estimate of drug-likeness (QED) is 0.773. The summed E-state index contributed by atoms with van der Waals surface area (Å²) in [6.07, 6.45) is 2.13. The van der Waals surface area contributed by atoms with Crippen LogP contribution in [0.5, 0.6) is 11.5 Å². The van der Waals surface area contributed by atoms with Gasteiger partial charge in [-0.2, -0.15) is 0 Å². The summed E-state index contributed by atoms with van der Waals surface area (Å²) in [6.45, 7) is 3.23. The molecule has 0 aliphatic carbocycles. The van der Waals surface area contributed by atoms with E-state index in [1.54, 1.807) is 18.2 Å². The van der Waals surface area contributed by atoms with Gasteiger partial charge in [0, 0.05) is 19.0 Å². The molecule has 0 saturated carbocycles. The van der Waals surface area contributed by atoms with Crippen LogP contribution in [0.1, 0.15) is 30.9 Å². The molecule has 2 heterocycles. The van der Waals surface area contributed by atoms with Crippen molar-refractivity contribution in [1.29, 1.82) is 0 Å². The standard InChI is InChI=1S/C23H27F2NO3/c1-14(20-6-2-15-10-17(24)4-8-21(15)28-20)12-26-13-19(27)23-7-3-16-11-18(25)5-9-22(16)29-23/h4-5,8-11,14,19-20,23,26-27H,2-3,6-7,12-13H2,1H3/t14-,19-,20?,23+/m0/s1. The van der Waals surface area contributed by atoms with Crippen molar-refractivity contribution in [2.75, 3.05) is 13.1 Å². The second-order valence-electron chi connectivity index (χ2n) is 8.10. The summed E-state index contributed by atoms with van der Waals surface area (Å²) in [4.78, 5) is 0. The molecule has 1 unspecified atom stereocenters. The lowest BCUT2D eigenvalue weighted by molar-refractivity contribution is 0.0228. The van der Waals surface area contributed by atoms with Crippen LogP contribution in [0.4, 0.5) is 8.78 Å². The number of aliphatic hydroxyl groups excluding tert-OH is 1. The highest BCUT2D eigenvalue weighted by atomic mass is 19.1. The first-order chi connectivity index (χ1) is 14.0. The Bertz CT molecular complexity index is 791. The van der Waals surface area contributed by atoms with Crippen LogP contribution in [0.25, 0.3) is 0 Å². The van der Waals surface area contributed by atoms with E-state index in [0.29, 0.717) is 31.7 Å². The number of hydrogen-bond donors (Lipinski definition) is 2. The third kappa shape index (κ3) is 4.70. The van der Waals surface area contributed by atoms with Gasteiger partial charge < -0.3 is 19.9 Å². The smallest absolute Gasteiger partial charge is 0.126 e. The molecule has 2 N–H and O–H groups in total. The number of ether oxygens (including phenoxy) is 2. The highest BCUT2D eigenvalue weighted by Gasteiger charge is 2.28. The molecular weight excluding hydrogens is 376 g/mol. The number of rotatable bonds is 6. The zero-order valence-electron chi connectivity index (χ0n) is 16.5. The van der Waals surface area contributed by atoms with Crippen LogP contribution in [0.15, 0.2) is 36.4 Å². The normalized spacial score (nSPS) is 22.6. The molecule has 0 amide bonds. The van der Waals surface area contributed by atoms with Gasteiger partial charge in [-0.1, -0.05) is 6.92 Å². The number of aryl methyl sites for hydroxylation is 2. The highest BCUT2D eigenvalue weighted by Crippen LogP contribution is 2.31. The first kappa shape index (κ1) is 20.1. The molecule has 2 aliphatic heterocycles. The fraction of sp³-hybridized carbons (Fsp3) is 0.478. The van der Waals surface area contributed by atoms with Crippen LogP contribution in [0, 0.1) is 17.6 Å². The van der Waals surface area contributed by atoms with Gasteiger partial charge in [-0.15, -0.1) is 0 Å². The minimum absolute atomic E-state index is 0.0605. The predicted octanol–water partition coefficient (Wildman–Crippen LogP) is 3.64. The first-order valence-corrected chi connectivity index (χ1v) is 10.3. The van der Waals surface area contributed by atoms with E-state index in [2.05, 4.69) is 12.2 Å². The molecule has 4 atom stereocenters. The molecule has 0 spiro atoms. The Kier molecular flexibility index (Phi) is 6.01. The number of nitrogens with one attached hydrogen (secondary N) is 1. The summed E-state index contributed by atoms with van der Waals surface area (Å²) in [5.74, 6) is 1.17. The van der Waals surface area contributed by atoms with Crippen molar-refractivity contribution in [2.45, 2.75) is 50.9 Å². The molecule has 2 aromatic rings. The molecule has 0 fully saturated rings. The maximum atomic E-state index is 13.3. The van der Waals surface area contributed by atoms with Gasteiger partial charge in [0.05, 0.1) is 0 Å². The minimum Gasteiger partial charge on any atom is -0.490 e.